The number of carbonyl (C=O) groups is 3. The molecule has 1 N–H and O–H groups in total. The molecule has 110 valence electrons. The van der Waals surface area contributed by atoms with E-state index in [4.69, 9.17) is 0 Å². The Kier molecular flexibility index (Phi) is 9.15. The van der Waals surface area contributed by atoms with Crippen molar-refractivity contribution in [3.63, 3.8) is 0 Å². The highest BCUT2D eigenvalue weighted by Gasteiger charge is 2.15. The lowest BCUT2D eigenvalue weighted by Gasteiger charge is -2.19. The fraction of sp³-hybridized carbons (Fsp3) is 0.727. The van der Waals surface area contributed by atoms with Gasteiger partial charge in [0.25, 0.3) is 0 Å². The molecule has 0 saturated carbocycles. The fourth-order valence-electron chi connectivity index (χ4n) is 1.21. The van der Waals surface area contributed by atoms with E-state index in [2.05, 4.69) is 19.5 Å². The third kappa shape index (κ3) is 8.83. The highest BCUT2D eigenvalue weighted by molar-refractivity contribution is 5.74. The zero-order valence-electron chi connectivity index (χ0n) is 11.4. The average Bonchev–Trinajstić information content (AvgIpc) is 2.38. The van der Waals surface area contributed by atoms with Crippen LogP contribution in [-0.2, 0) is 23.8 Å². The lowest BCUT2D eigenvalue weighted by Crippen LogP contribution is -2.41. The monoisotopic (exact) mass is 276 g/mol. The summed E-state index contributed by atoms with van der Waals surface area (Å²) in [7, 11) is 2.52. The summed E-state index contributed by atoms with van der Waals surface area (Å²) in [6, 6.07) is 0. The molecular weight excluding hydrogens is 256 g/mol. The summed E-state index contributed by atoms with van der Waals surface area (Å²) in [5.74, 6) is -0.944. The lowest BCUT2D eigenvalue weighted by molar-refractivity contribution is -0.145. The van der Waals surface area contributed by atoms with Gasteiger partial charge in [-0.25, -0.2) is 4.79 Å². The summed E-state index contributed by atoms with van der Waals surface area (Å²) in [6.45, 7) is 2.39. The molecular formula is C11H20N2O6. The third-order valence-electron chi connectivity index (χ3n) is 2.13. The molecule has 0 radical (unpaired) electrons. The normalized spacial score (nSPS) is 9.89. The van der Waals surface area contributed by atoms with Crippen LogP contribution in [0.5, 0.6) is 0 Å². The molecule has 8 nitrogen and oxygen atoms in total. The molecule has 1 amide bonds. The van der Waals surface area contributed by atoms with Crippen LogP contribution in [0.15, 0.2) is 0 Å². The van der Waals surface area contributed by atoms with Gasteiger partial charge in [-0.2, -0.15) is 0 Å². The molecule has 0 aromatic heterocycles. The second kappa shape index (κ2) is 10.1. The first-order chi connectivity index (χ1) is 9.03. The van der Waals surface area contributed by atoms with Crippen molar-refractivity contribution in [2.75, 3.05) is 47.0 Å². The highest BCUT2D eigenvalue weighted by Crippen LogP contribution is 1.91. The number of ether oxygens (including phenoxy) is 3. The summed E-state index contributed by atoms with van der Waals surface area (Å²) in [4.78, 5) is 34.9. The van der Waals surface area contributed by atoms with Crippen molar-refractivity contribution in [2.45, 2.75) is 6.92 Å². The van der Waals surface area contributed by atoms with Crippen molar-refractivity contribution in [1.82, 2.24) is 10.2 Å². The van der Waals surface area contributed by atoms with Gasteiger partial charge in [-0.3, -0.25) is 14.5 Å². The van der Waals surface area contributed by atoms with Gasteiger partial charge in [0.1, 0.15) is 0 Å². The Hall–Kier alpha value is -1.83. The molecule has 0 aliphatic carbocycles. The SMILES string of the molecule is CCOC(=O)NCCN(CC(=O)OC)CC(=O)OC. The van der Waals surface area contributed by atoms with Crippen LogP contribution in [-0.4, -0.2) is 69.9 Å². The molecule has 0 spiro atoms. The standard InChI is InChI=1S/C11H20N2O6/c1-4-19-11(16)12-5-6-13(7-9(14)17-2)8-10(15)18-3/h4-8H2,1-3H3,(H,12,16). The number of amides is 1. The molecule has 0 aliphatic heterocycles. The number of rotatable bonds is 8. The summed E-state index contributed by atoms with van der Waals surface area (Å²) in [5, 5.41) is 2.49. The van der Waals surface area contributed by atoms with E-state index >= 15 is 0 Å². The number of esters is 2. The molecule has 8 heteroatoms. The van der Waals surface area contributed by atoms with Gasteiger partial charge in [0, 0.05) is 13.1 Å². The first-order valence-corrected chi connectivity index (χ1v) is 5.80. The van der Waals surface area contributed by atoms with Gasteiger partial charge in [-0.15, -0.1) is 0 Å². The van der Waals surface area contributed by atoms with E-state index in [1.54, 1.807) is 6.92 Å². The van der Waals surface area contributed by atoms with Crippen molar-refractivity contribution >= 4 is 18.0 Å². The Labute approximate surface area is 112 Å². The molecule has 0 bridgehead atoms. The first kappa shape index (κ1) is 17.2. The maximum atomic E-state index is 11.2. The molecule has 0 unspecified atom stereocenters. The molecule has 19 heavy (non-hydrogen) atoms. The quantitative estimate of drug-likeness (QED) is 0.466. The lowest BCUT2D eigenvalue weighted by atomic mass is 10.4. The van der Waals surface area contributed by atoms with Crippen LogP contribution < -0.4 is 5.32 Å². The maximum absolute atomic E-state index is 11.2. The van der Waals surface area contributed by atoms with Gasteiger partial charge in [0.05, 0.1) is 33.9 Å². The topological polar surface area (TPSA) is 94.2 Å². The van der Waals surface area contributed by atoms with Crippen LogP contribution in [0.1, 0.15) is 6.92 Å². The van der Waals surface area contributed by atoms with Gasteiger partial charge in [0.15, 0.2) is 0 Å². The maximum Gasteiger partial charge on any atom is 0.407 e. The smallest absolute Gasteiger partial charge is 0.407 e. The van der Waals surface area contributed by atoms with E-state index < -0.39 is 18.0 Å². The van der Waals surface area contributed by atoms with Gasteiger partial charge in [-0.1, -0.05) is 0 Å². The van der Waals surface area contributed by atoms with E-state index in [1.807, 2.05) is 0 Å². The van der Waals surface area contributed by atoms with Gasteiger partial charge >= 0.3 is 18.0 Å². The van der Waals surface area contributed by atoms with Crippen LogP contribution in [0.3, 0.4) is 0 Å². The Bertz CT molecular complexity index is 290. The van der Waals surface area contributed by atoms with Crippen molar-refractivity contribution in [3.8, 4) is 0 Å². The molecule has 0 fully saturated rings. The number of nitrogens with one attached hydrogen (secondary N) is 1. The molecule has 0 aliphatic rings. The Morgan fingerprint density at radius 1 is 1.05 bits per heavy atom. The summed E-state index contributed by atoms with van der Waals surface area (Å²) in [6.07, 6.45) is -0.543. The Morgan fingerprint density at radius 3 is 2.00 bits per heavy atom. The van der Waals surface area contributed by atoms with Crippen LogP contribution in [0.2, 0.25) is 0 Å². The van der Waals surface area contributed by atoms with Gasteiger partial charge in [0.2, 0.25) is 0 Å². The molecule has 0 aromatic rings. The summed E-state index contributed by atoms with van der Waals surface area (Å²) < 4.78 is 13.7. The van der Waals surface area contributed by atoms with E-state index in [9.17, 15) is 14.4 Å². The molecule has 0 aromatic carbocycles. The zero-order valence-corrected chi connectivity index (χ0v) is 11.4. The number of nitrogens with zero attached hydrogens (tertiary/aromatic N) is 1. The second-order valence-corrected chi connectivity index (χ2v) is 3.51. The largest absolute Gasteiger partial charge is 0.468 e. The van der Waals surface area contributed by atoms with Crippen molar-refractivity contribution < 1.29 is 28.6 Å². The van der Waals surface area contributed by atoms with Crippen molar-refractivity contribution in [3.05, 3.63) is 0 Å². The second-order valence-electron chi connectivity index (χ2n) is 3.51. The highest BCUT2D eigenvalue weighted by atomic mass is 16.5. The summed E-state index contributed by atoms with van der Waals surface area (Å²) in [5.41, 5.74) is 0. The molecule has 0 heterocycles. The van der Waals surface area contributed by atoms with E-state index in [0.717, 1.165) is 0 Å². The molecule has 0 atom stereocenters. The van der Waals surface area contributed by atoms with Crippen LogP contribution in [0, 0.1) is 0 Å². The number of methoxy groups -OCH3 is 2. The van der Waals surface area contributed by atoms with Gasteiger partial charge < -0.3 is 19.5 Å². The Balaban J connectivity index is 4.14. The fourth-order valence-corrected chi connectivity index (χ4v) is 1.21. The van der Waals surface area contributed by atoms with Crippen molar-refractivity contribution in [2.24, 2.45) is 0 Å². The zero-order chi connectivity index (χ0) is 14.7. The van der Waals surface area contributed by atoms with E-state index in [1.165, 1.54) is 19.1 Å². The number of alkyl carbamates (subject to hydrolysis) is 1. The number of hydrogen-bond donors (Lipinski definition) is 1. The minimum Gasteiger partial charge on any atom is -0.468 e. The number of carbonyl (C=O) groups excluding carboxylic acids is 3. The van der Waals surface area contributed by atoms with E-state index in [-0.39, 0.29) is 26.2 Å². The minimum atomic E-state index is -0.543. The first-order valence-electron chi connectivity index (χ1n) is 5.80. The van der Waals surface area contributed by atoms with Crippen LogP contribution in [0.4, 0.5) is 4.79 Å². The Morgan fingerprint density at radius 2 is 1.58 bits per heavy atom. The molecule has 0 rings (SSSR count). The van der Waals surface area contributed by atoms with Crippen LogP contribution >= 0.6 is 0 Å². The third-order valence-corrected chi connectivity index (χ3v) is 2.13. The van der Waals surface area contributed by atoms with Crippen molar-refractivity contribution in [1.29, 1.82) is 0 Å². The summed E-state index contributed by atoms with van der Waals surface area (Å²) >= 11 is 0. The van der Waals surface area contributed by atoms with Gasteiger partial charge in [-0.05, 0) is 6.92 Å². The predicted octanol–water partition coefficient (Wildman–Crippen LogP) is -0.619. The predicted molar refractivity (Wildman–Crippen MR) is 65.5 cm³/mol. The number of hydrogen-bond acceptors (Lipinski definition) is 7. The minimum absolute atomic E-state index is 0.0594. The van der Waals surface area contributed by atoms with Crippen LogP contribution in [0.25, 0.3) is 0 Å². The molecule has 0 saturated heterocycles. The van der Waals surface area contributed by atoms with E-state index in [0.29, 0.717) is 6.54 Å². The average molecular weight is 276 g/mol.